The van der Waals surface area contributed by atoms with E-state index >= 15 is 0 Å². The normalized spacial score (nSPS) is 19.6. The number of hydrogen-bond acceptors (Lipinski definition) is 4. The van der Waals surface area contributed by atoms with Crippen LogP contribution in [-0.4, -0.2) is 47.7 Å². The molecule has 1 atom stereocenters. The van der Waals surface area contributed by atoms with Crippen LogP contribution >= 0.6 is 0 Å². The molecule has 1 aromatic heterocycles. The van der Waals surface area contributed by atoms with Gasteiger partial charge >= 0.3 is 0 Å². The number of carbonyl (C=O) groups excluding carboxylic acids is 1. The van der Waals surface area contributed by atoms with Gasteiger partial charge in [-0.1, -0.05) is 30.3 Å². The number of aryl methyl sites for hydroxylation is 1. The summed E-state index contributed by atoms with van der Waals surface area (Å²) in [6, 6.07) is 16.7. The fraction of sp³-hybridized carbons (Fsp3) is 0.385. The number of amides is 1. The molecule has 0 N–H and O–H groups in total. The van der Waals surface area contributed by atoms with Crippen molar-refractivity contribution in [2.24, 2.45) is 0 Å². The van der Waals surface area contributed by atoms with Crippen molar-refractivity contribution >= 4 is 16.8 Å². The van der Waals surface area contributed by atoms with Crippen LogP contribution < -0.4 is 4.74 Å². The first-order valence-electron chi connectivity index (χ1n) is 11.2. The predicted octanol–water partition coefficient (Wildman–Crippen LogP) is 4.76. The third-order valence-electron chi connectivity index (χ3n) is 6.36. The van der Waals surface area contributed by atoms with E-state index in [0.717, 1.165) is 66.6 Å². The average molecular weight is 417 g/mol. The Morgan fingerprint density at radius 3 is 2.61 bits per heavy atom. The highest BCUT2D eigenvalue weighted by Crippen LogP contribution is 2.27. The number of rotatable bonds is 4. The first-order chi connectivity index (χ1) is 15.2. The lowest BCUT2D eigenvalue weighted by Crippen LogP contribution is -2.45. The van der Waals surface area contributed by atoms with Gasteiger partial charge < -0.3 is 14.4 Å². The maximum absolute atomic E-state index is 12.5. The van der Waals surface area contributed by atoms with Crippen LogP contribution in [0.2, 0.25) is 0 Å². The molecule has 0 saturated carbocycles. The third-order valence-corrected chi connectivity index (χ3v) is 6.36. The molecule has 1 amide bonds. The maximum atomic E-state index is 12.5. The first-order valence-corrected chi connectivity index (χ1v) is 11.2. The smallest absolute Gasteiger partial charge is 0.251 e. The number of nitrogens with zero attached hydrogens (tertiary/aromatic N) is 2. The minimum absolute atomic E-state index is 0.143. The average Bonchev–Trinajstić information content (AvgIpc) is 3.35. The standard InChI is InChI=1S/C26H28N2O3/c1-18-4-2-5-20-16-21(17-27-25(18)20)19-7-9-22(10-8-19)31-23-11-13-28(14-12-23)26(29)24-6-3-15-30-24/h2,4-5,7-10,16-17,23-24H,3,6,11-15H2,1H3/t24-/m1/s1. The fourth-order valence-electron chi connectivity index (χ4n) is 4.56. The largest absolute Gasteiger partial charge is 0.490 e. The Bertz CT molecular complexity index is 1070. The molecule has 2 aliphatic heterocycles. The van der Waals surface area contributed by atoms with E-state index in [-0.39, 0.29) is 18.1 Å². The zero-order valence-corrected chi connectivity index (χ0v) is 17.9. The molecule has 5 nitrogen and oxygen atoms in total. The van der Waals surface area contributed by atoms with Gasteiger partial charge in [-0.2, -0.15) is 0 Å². The Morgan fingerprint density at radius 2 is 1.87 bits per heavy atom. The van der Waals surface area contributed by atoms with Gasteiger partial charge in [-0.15, -0.1) is 0 Å². The van der Waals surface area contributed by atoms with Gasteiger partial charge in [0, 0.05) is 49.7 Å². The van der Waals surface area contributed by atoms with E-state index in [0.29, 0.717) is 6.61 Å². The number of carbonyl (C=O) groups is 1. The van der Waals surface area contributed by atoms with Crippen molar-refractivity contribution in [1.29, 1.82) is 0 Å². The van der Waals surface area contributed by atoms with E-state index < -0.39 is 0 Å². The molecule has 0 aliphatic carbocycles. The van der Waals surface area contributed by atoms with Crippen LogP contribution in [0.15, 0.2) is 54.7 Å². The molecule has 0 unspecified atom stereocenters. The van der Waals surface area contributed by atoms with Crippen LogP contribution in [0.25, 0.3) is 22.0 Å². The molecule has 2 aliphatic rings. The number of piperidine rings is 1. The van der Waals surface area contributed by atoms with E-state index in [1.54, 1.807) is 0 Å². The van der Waals surface area contributed by atoms with Crippen molar-refractivity contribution in [2.45, 2.75) is 44.8 Å². The number of pyridine rings is 1. The minimum atomic E-state index is -0.224. The quantitative estimate of drug-likeness (QED) is 0.615. The zero-order chi connectivity index (χ0) is 21.2. The number of aromatic nitrogens is 1. The van der Waals surface area contributed by atoms with E-state index in [9.17, 15) is 4.79 Å². The zero-order valence-electron chi connectivity index (χ0n) is 17.9. The molecule has 31 heavy (non-hydrogen) atoms. The van der Waals surface area contributed by atoms with Gasteiger partial charge in [0.25, 0.3) is 5.91 Å². The summed E-state index contributed by atoms with van der Waals surface area (Å²) in [7, 11) is 0. The van der Waals surface area contributed by atoms with Crippen LogP contribution in [0.3, 0.4) is 0 Å². The summed E-state index contributed by atoms with van der Waals surface area (Å²) < 4.78 is 11.7. The Hall–Kier alpha value is -2.92. The van der Waals surface area contributed by atoms with E-state index in [2.05, 4.69) is 48.3 Å². The molecular formula is C26H28N2O3. The van der Waals surface area contributed by atoms with Gasteiger partial charge in [0.1, 0.15) is 18.0 Å². The molecule has 0 bridgehead atoms. The molecule has 2 saturated heterocycles. The molecule has 2 aromatic carbocycles. The van der Waals surface area contributed by atoms with Crippen molar-refractivity contribution in [1.82, 2.24) is 9.88 Å². The Balaban J connectivity index is 1.20. The lowest BCUT2D eigenvalue weighted by atomic mass is 10.0. The van der Waals surface area contributed by atoms with E-state index in [4.69, 9.17) is 9.47 Å². The molecule has 3 heterocycles. The second-order valence-electron chi connectivity index (χ2n) is 8.54. The van der Waals surface area contributed by atoms with Crippen LogP contribution in [0, 0.1) is 6.92 Å². The SMILES string of the molecule is Cc1cccc2cc(-c3ccc(OC4CCN(C(=O)[C@H]5CCCO5)CC4)cc3)cnc12. The molecule has 2 fully saturated rings. The molecule has 0 spiro atoms. The number of ether oxygens (including phenoxy) is 2. The lowest BCUT2D eigenvalue weighted by molar-refractivity contribution is -0.142. The lowest BCUT2D eigenvalue weighted by Gasteiger charge is -2.33. The van der Waals surface area contributed by atoms with Crippen molar-refractivity contribution in [2.75, 3.05) is 19.7 Å². The minimum Gasteiger partial charge on any atom is -0.490 e. The van der Waals surface area contributed by atoms with Crippen LogP contribution in [0.1, 0.15) is 31.2 Å². The number of hydrogen-bond donors (Lipinski definition) is 0. The van der Waals surface area contributed by atoms with Crippen molar-refractivity contribution in [3.05, 3.63) is 60.3 Å². The summed E-state index contributed by atoms with van der Waals surface area (Å²) >= 11 is 0. The predicted molar refractivity (Wildman–Crippen MR) is 121 cm³/mol. The maximum Gasteiger partial charge on any atom is 0.251 e. The van der Waals surface area contributed by atoms with Gasteiger partial charge in [-0.3, -0.25) is 9.78 Å². The highest BCUT2D eigenvalue weighted by Gasteiger charge is 2.31. The Labute approximate surface area is 183 Å². The number of likely N-dealkylation sites (tertiary alicyclic amines) is 1. The Morgan fingerprint density at radius 1 is 1.06 bits per heavy atom. The Kier molecular flexibility index (Phi) is 5.60. The van der Waals surface area contributed by atoms with Crippen molar-refractivity contribution < 1.29 is 14.3 Å². The van der Waals surface area contributed by atoms with Gasteiger partial charge in [-0.25, -0.2) is 0 Å². The molecule has 3 aromatic rings. The molecule has 160 valence electrons. The summed E-state index contributed by atoms with van der Waals surface area (Å²) in [5.41, 5.74) is 4.47. The second-order valence-corrected chi connectivity index (χ2v) is 8.54. The van der Waals surface area contributed by atoms with E-state index in [1.807, 2.05) is 23.2 Å². The van der Waals surface area contributed by atoms with Gasteiger partial charge in [0.05, 0.1) is 5.52 Å². The summed E-state index contributed by atoms with van der Waals surface area (Å²) in [4.78, 5) is 19.1. The topological polar surface area (TPSA) is 51.7 Å². The molecule has 0 radical (unpaired) electrons. The summed E-state index contributed by atoms with van der Waals surface area (Å²) in [5.74, 6) is 1.02. The molecular weight excluding hydrogens is 388 g/mol. The summed E-state index contributed by atoms with van der Waals surface area (Å²) in [5, 5.41) is 1.15. The number of para-hydroxylation sites is 1. The third kappa shape index (κ3) is 4.28. The van der Waals surface area contributed by atoms with Gasteiger partial charge in [0.2, 0.25) is 0 Å². The molecule has 5 rings (SSSR count). The van der Waals surface area contributed by atoms with Crippen LogP contribution in [-0.2, 0) is 9.53 Å². The highest BCUT2D eigenvalue weighted by molar-refractivity contribution is 5.85. The van der Waals surface area contributed by atoms with Crippen molar-refractivity contribution in [3.8, 4) is 16.9 Å². The van der Waals surface area contributed by atoms with Crippen LogP contribution in [0.4, 0.5) is 0 Å². The summed E-state index contributed by atoms with van der Waals surface area (Å²) in [6.07, 6.45) is 5.41. The van der Waals surface area contributed by atoms with Crippen LogP contribution in [0.5, 0.6) is 5.75 Å². The fourth-order valence-corrected chi connectivity index (χ4v) is 4.56. The monoisotopic (exact) mass is 416 g/mol. The highest BCUT2D eigenvalue weighted by atomic mass is 16.5. The van der Waals surface area contributed by atoms with E-state index in [1.165, 1.54) is 5.56 Å². The molecule has 5 heteroatoms. The number of fused-ring (bicyclic) bond motifs is 1. The van der Waals surface area contributed by atoms with Gasteiger partial charge in [-0.05, 0) is 49.1 Å². The van der Waals surface area contributed by atoms with Crippen molar-refractivity contribution in [3.63, 3.8) is 0 Å². The van der Waals surface area contributed by atoms with Gasteiger partial charge in [0.15, 0.2) is 0 Å². The number of benzene rings is 2. The second kappa shape index (κ2) is 8.67. The summed E-state index contributed by atoms with van der Waals surface area (Å²) in [6.45, 7) is 4.28. The first kappa shape index (κ1) is 20.0.